The first-order chi connectivity index (χ1) is 18.9. The maximum Gasteiger partial charge on any atom is 0.335 e. The molecule has 1 aromatic carbocycles. The van der Waals surface area contributed by atoms with Crippen molar-refractivity contribution >= 4 is 17.1 Å². The van der Waals surface area contributed by atoms with Crippen molar-refractivity contribution in [2.75, 3.05) is 13.1 Å². The van der Waals surface area contributed by atoms with Crippen LogP contribution in [0.1, 0.15) is 34.3 Å². The van der Waals surface area contributed by atoms with Gasteiger partial charge in [0.2, 0.25) is 0 Å². The van der Waals surface area contributed by atoms with Crippen LogP contribution in [0.3, 0.4) is 0 Å². The molecule has 0 amide bonds. The molecule has 1 saturated heterocycles. The van der Waals surface area contributed by atoms with Gasteiger partial charge in [0.05, 0.1) is 47.4 Å². The van der Waals surface area contributed by atoms with Crippen molar-refractivity contribution in [1.29, 1.82) is 5.26 Å². The number of nitrogens with zero attached hydrogens (tertiary/aromatic N) is 8. The van der Waals surface area contributed by atoms with Gasteiger partial charge in [-0.25, -0.2) is 19.6 Å². The molecule has 1 aliphatic heterocycles. The number of pyridine rings is 2. The Hall–Kier alpha value is -5.08. The number of carbonyl (C=O) groups is 1. The molecule has 5 heterocycles. The van der Waals surface area contributed by atoms with E-state index in [0.29, 0.717) is 41.3 Å². The van der Waals surface area contributed by atoms with E-state index < -0.39 is 5.97 Å². The molecule has 0 unspecified atom stereocenters. The number of nitriles is 1. The third-order valence-electron chi connectivity index (χ3n) is 7.24. The van der Waals surface area contributed by atoms with Crippen LogP contribution in [-0.2, 0) is 13.6 Å². The third-order valence-corrected chi connectivity index (χ3v) is 7.24. The first-order valence-corrected chi connectivity index (χ1v) is 12.5. The molecule has 1 N–H and O–H groups in total. The Bertz CT molecular complexity index is 1790. The monoisotopic (exact) mass is 520 g/mol. The van der Waals surface area contributed by atoms with E-state index >= 15 is 0 Å². The molecule has 6 rings (SSSR count). The normalized spacial score (nSPS) is 15.5. The Morgan fingerprint density at radius 1 is 1.10 bits per heavy atom. The van der Waals surface area contributed by atoms with Crippen LogP contribution >= 0.6 is 0 Å². The summed E-state index contributed by atoms with van der Waals surface area (Å²) in [6.45, 7) is 2.05. The molecular formula is C28H24N8O3. The van der Waals surface area contributed by atoms with Gasteiger partial charge in [-0.2, -0.15) is 5.26 Å². The first kappa shape index (κ1) is 24.3. The van der Waals surface area contributed by atoms with Crippen LogP contribution < -0.4 is 5.69 Å². The predicted molar refractivity (Wildman–Crippen MR) is 142 cm³/mol. The zero-order chi connectivity index (χ0) is 27.1. The molecular weight excluding hydrogens is 496 g/mol. The zero-order valence-corrected chi connectivity index (χ0v) is 21.1. The second-order valence-electron chi connectivity index (χ2n) is 9.53. The van der Waals surface area contributed by atoms with Gasteiger partial charge in [0, 0.05) is 31.9 Å². The Morgan fingerprint density at radius 3 is 2.62 bits per heavy atom. The number of carboxylic acids is 1. The largest absolute Gasteiger partial charge is 0.478 e. The summed E-state index contributed by atoms with van der Waals surface area (Å²) in [5.74, 6) is -0.173. The van der Waals surface area contributed by atoms with Crippen LogP contribution in [0, 0.1) is 11.3 Å². The summed E-state index contributed by atoms with van der Waals surface area (Å²) in [5.41, 5.74) is 3.93. The highest BCUT2D eigenvalue weighted by atomic mass is 16.4. The van der Waals surface area contributed by atoms with Crippen LogP contribution in [0.4, 0.5) is 0 Å². The SMILES string of the molecule is Cn1c(C#N)cnc1CN1CC[C@@H](n2c(=O)n(-c3ccc(-c4ccc(C(=O)O)cc4)nc3)c3cccnc32)C1. The summed E-state index contributed by atoms with van der Waals surface area (Å²) in [7, 11) is 1.83. The fourth-order valence-electron chi connectivity index (χ4n) is 5.17. The number of fused-ring (bicyclic) bond motifs is 1. The Balaban J connectivity index is 1.30. The molecule has 0 aliphatic carbocycles. The number of likely N-dealkylation sites (tertiary alicyclic amines) is 1. The highest BCUT2D eigenvalue weighted by Crippen LogP contribution is 2.27. The van der Waals surface area contributed by atoms with Gasteiger partial charge in [-0.3, -0.25) is 19.0 Å². The summed E-state index contributed by atoms with van der Waals surface area (Å²) in [5, 5.41) is 18.3. The number of aromatic carboxylic acids is 1. The summed E-state index contributed by atoms with van der Waals surface area (Å²) >= 11 is 0. The minimum Gasteiger partial charge on any atom is -0.478 e. The second-order valence-corrected chi connectivity index (χ2v) is 9.53. The van der Waals surface area contributed by atoms with Crippen molar-refractivity contribution in [3.05, 3.63) is 94.7 Å². The lowest BCUT2D eigenvalue weighted by molar-refractivity contribution is 0.0697. The lowest BCUT2D eigenvalue weighted by Gasteiger charge is -2.16. The Labute approximate surface area is 222 Å². The van der Waals surface area contributed by atoms with E-state index in [1.54, 1.807) is 44.4 Å². The maximum atomic E-state index is 13.8. The Kier molecular flexibility index (Phi) is 6.01. The molecule has 5 aromatic rings. The lowest BCUT2D eigenvalue weighted by atomic mass is 10.1. The highest BCUT2D eigenvalue weighted by molar-refractivity contribution is 5.88. The summed E-state index contributed by atoms with van der Waals surface area (Å²) in [6.07, 6.45) is 5.70. The second kappa shape index (κ2) is 9.66. The van der Waals surface area contributed by atoms with Crippen molar-refractivity contribution in [3.63, 3.8) is 0 Å². The van der Waals surface area contributed by atoms with Crippen molar-refractivity contribution in [2.45, 2.75) is 19.0 Å². The summed E-state index contributed by atoms with van der Waals surface area (Å²) in [4.78, 5) is 40.7. The number of benzene rings is 1. The number of rotatable bonds is 6. The van der Waals surface area contributed by atoms with E-state index in [-0.39, 0.29) is 17.3 Å². The van der Waals surface area contributed by atoms with E-state index in [0.717, 1.165) is 24.4 Å². The molecule has 0 spiro atoms. The van der Waals surface area contributed by atoms with Gasteiger partial charge in [0.25, 0.3) is 0 Å². The molecule has 39 heavy (non-hydrogen) atoms. The number of aromatic nitrogens is 6. The van der Waals surface area contributed by atoms with E-state index in [2.05, 4.69) is 25.9 Å². The van der Waals surface area contributed by atoms with Gasteiger partial charge in [-0.05, 0) is 42.8 Å². The average Bonchev–Trinajstić information content (AvgIpc) is 3.64. The molecule has 0 bridgehead atoms. The van der Waals surface area contributed by atoms with Crippen LogP contribution in [0.2, 0.25) is 0 Å². The molecule has 1 aliphatic rings. The van der Waals surface area contributed by atoms with Gasteiger partial charge >= 0.3 is 11.7 Å². The molecule has 0 radical (unpaired) electrons. The number of imidazole rings is 2. The van der Waals surface area contributed by atoms with Crippen molar-refractivity contribution in [1.82, 2.24) is 33.6 Å². The number of carboxylic acid groups (broad SMARTS) is 1. The fraction of sp³-hybridized carbons (Fsp3) is 0.214. The van der Waals surface area contributed by atoms with Gasteiger partial charge in [0.15, 0.2) is 5.65 Å². The van der Waals surface area contributed by atoms with E-state index in [1.165, 1.54) is 12.1 Å². The molecule has 11 heteroatoms. The quantitative estimate of drug-likeness (QED) is 0.361. The number of hydrogen-bond acceptors (Lipinski definition) is 7. The van der Waals surface area contributed by atoms with Gasteiger partial charge in [-0.1, -0.05) is 12.1 Å². The molecule has 11 nitrogen and oxygen atoms in total. The average molecular weight is 521 g/mol. The van der Waals surface area contributed by atoms with E-state index in [4.69, 9.17) is 5.11 Å². The first-order valence-electron chi connectivity index (χ1n) is 12.5. The highest BCUT2D eigenvalue weighted by Gasteiger charge is 2.29. The maximum absolute atomic E-state index is 13.8. The predicted octanol–water partition coefficient (Wildman–Crippen LogP) is 3.00. The number of hydrogen-bond donors (Lipinski definition) is 1. The van der Waals surface area contributed by atoms with Crippen molar-refractivity contribution < 1.29 is 9.90 Å². The van der Waals surface area contributed by atoms with Crippen molar-refractivity contribution in [2.24, 2.45) is 7.05 Å². The van der Waals surface area contributed by atoms with Crippen LogP contribution in [0.25, 0.3) is 28.1 Å². The molecule has 1 atom stereocenters. The van der Waals surface area contributed by atoms with Crippen LogP contribution in [0.15, 0.2) is 71.9 Å². The zero-order valence-electron chi connectivity index (χ0n) is 21.1. The molecule has 0 saturated carbocycles. The van der Waals surface area contributed by atoms with Gasteiger partial charge < -0.3 is 9.67 Å². The smallest absolute Gasteiger partial charge is 0.335 e. The minimum absolute atomic E-state index is 0.0631. The summed E-state index contributed by atoms with van der Waals surface area (Å²) < 4.78 is 5.20. The van der Waals surface area contributed by atoms with Gasteiger partial charge in [-0.15, -0.1) is 0 Å². The third kappa shape index (κ3) is 4.26. The van der Waals surface area contributed by atoms with Crippen LogP contribution in [-0.4, -0.2) is 57.7 Å². The van der Waals surface area contributed by atoms with Gasteiger partial charge in [0.1, 0.15) is 17.6 Å². The topological polar surface area (TPSA) is 135 Å². The molecule has 4 aromatic heterocycles. The summed E-state index contributed by atoms with van der Waals surface area (Å²) in [6, 6.07) is 15.9. The minimum atomic E-state index is -0.982. The Morgan fingerprint density at radius 2 is 1.92 bits per heavy atom. The standard InChI is InChI=1S/C28H24N8O3/c1-33-22(13-29)15-32-25(33)17-34-12-10-21(16-34)36-26-24(3-2-11-30-26)35(28(36)39)20-8-9-23(31-14-20)18-4-6-19(7-5-18)27(37)38/h2-9,11,14-15,21H,10,12,16-17H2,1H3,(H,37,38)/t21-/m1/s1. The van der Waals surface area contributed by atoms with Crippen molar-refractivity contribution in [3.8, 4) is 23.0 Å². The van der Waals surface area contributed by atoms with E-state index in [9.17, 15) is 14.9 Å². The molecule has 194 valence electrons. The molecule has 1 fully saturated rings. The van der Waals surface area contributed by atoms with E-state index in [1.807, 2.05) is 31.3 Å². The van der Waals surface area contributed by atoms with Crippen LogP contribution in [0.5, 0.6) is 0 Å². The lowest BCUT2D eigenvalue weighted by Crippen LogP contribution is -2.29. The fourth-order valence-corrected chi connectivity index (χ4v) is 5.17.